The fourth-order valence-electron chi connectivity index (χ4n) is 3.94. The molecular formula is C38H60O5. The Morgan fingerprint density at radius 1 is 0.581 bits per heavy atom. The summed E-state index contributed by atoms with van der Waals surface area (Å²) in [5.74, 6) is -0.767. The number of hydrogen-bond donors (Lipinski definition) is 1. The van der Waals surface area contributed by atoms with Crippen molar-refractivity contribution < 1.29 is 24.2 Å². The van der Waals surface area contributed by atoms with Gasteiger partial charge in [-0.15, -0.1) is 0 Å². The van der Waals surface area contributed by atoms with E-state index in [1.807, 2.05) is 6.08 Å². The van der Waals surface area contributed by atoms with Crippen molar-refractivity contribution in [3.05, 3.63) is 85.1 Å². The standard InChI is InChI=1S/C38H60O5/c1-3-5-7-9-11-13-15-17-19-21-23-25-27-29-31-33-38(41)43-36(34-39)35-42-37(40)32-30-28-26-24-22-20-18-16-14-12-10-8-6-4-2/h5,7,10-13,16-19,23,25,29,31,36,39H,3-4,6,8-9,14-15,20-22,24,26-28,30,32-35H2,1-2H3/b7-5-,12-10-,13-11-,18-16-,19-17-,25-23-,31-29-. The highest BCUT2D eigenvalue weighted by atomic mass is 16.6. The molecule has 5 nitrogen and oxygen atoms in total. The fourth-order valence-corrected chi connectivity index (χ4v) is 3.94. The number of esters is 2. The quantitative estimate of drug-likeness (QED) is 0.0553. The summed E-state index contributed by atoms with van der Waals surface area (Å²) in [6, 6.07) is 0. The van der Waals surface area contributed by atoms with Crippen LogP contribution in [0.1, 0.15) is 123 Å². The third-order valence-electron chi connectivity index (χ3n) is 6.46. The molecule has 0 bridgehead atoms. The Labute approximate surface area is 263 Å². The number of hydrogen-bond acceptors (Lipinski definition) is 5. The second kappa shape index (κ2) is 33.6. The Kier molecular flexibility index (Phi) is 31.3. The van der Waals surface area contributed by atoms with E-state index in [1.165, 1.54) is 25.7 Å². The van der Waals surface area contributed by atoms with Crippen molar-refractivity contribution in [2.75, 3.05) is 13.2 Å². The summed E-state index contributed by atoms with van der Waals surface area (Å²) in [6.07, 6.45) is 45.1. The molecule has 0 aliphatic heterocycles. The first kappa shape index (κ1) is 40.1. The van der Waals surface area contributed by atoms with E-state index in [1.54, 1.807) is 6.08 Å². The van der Waals surface area contributed by atoms with Gasteiger partial charge in [0.15, 0.2) is 6.10 Å². The number of allylic oxidation sites excluding steroid dienone is 13. The number of aliphatic hydroxyl groups excluding tert-OH is 1. The highest BCUT2D eigenvalue weighted by Gasteiger charge is 2.15. The minimum Gasteiger partial charge on any atom is -0.462 e. The van der Waals surface area contributed by atoms with Gasteiger partial charge in [-0.05, 0) is 64.2 Å². The summed E-state index contributed by atoms with van der Waals surface area (Å²) < 4.78 is 10.4. The van der Waals surface area contributed by atoms with E-state index in [-0.39, 0.29) is 25.6 Å². The first-order valence-corrected chi connectivity index (χ1v) is 16.6. The summed E-state index contributed by atoms with van der Waals surface area (Å²) in [6.45, 7) is 3.85. The highest BCUT2D eigenvalue weighted by Crippen LogP contribution is 2.09. The van der Waals surface area contributed by atoms with Crippen molar-refractivity contribution in [2.45, 2.75) is 129 Å². The highest BCUT2D eigenvalue weighted by molar-refractivity contribution is 5.71. The molecule has 5 heteroatoms. The smallest absolute Gasteiger partial charge is 0.310 e. The first-order valence-electron chi connectivity index (χ1n) is 16.6. The van der Waals surface area contributed by atoms with E-state index in [0.29, 0.717) is 6.42 Å². The largest absolute Gasteiger partial charge is 0.462 e. The molecule has 0 aliphatic carbocycles. The maximum Gasteiger partial charge on any atom is 0.310 e. The van der Waals surface area contributed by atoms with Crippen LogP contribution >= 0.6 is 0 Å². The minimum atomic E-state index is -0.834. The zero-order chi connectivity index (χ0) is 31.5. The summed E-state index contributed by atoms with van der Waals surface area (Å²) in [7, 11) is 0. The molecular weight excluding hydrogens is 536 g/mol. The van der Waals surface area contributed by atoms with Gasteiger partial charge in [-0.1, -0.05) is 131 Å². The van der Waals surface area contributed by atoms with Crippen LogP contribution in [-0.2, 0) is 19.1 Å². The van der Waals surface area contributed by atoms with Crippen LogP contribution in [0.25, 0.3) is 0 Å². The van der Waals surface area contributed by atoms with Gasteiger partial charge in [-0.3, -0.25) is 9.59 Å². The maximum absolute atomic E-state index is 12.0. The molecule has 0 heterocycles. The number of aliphatic hydroxyl groups is 1. The predicted molar refractivity (Wildman–Crippen MR) is 182 cm³/mol. The molecule has 0 aromatic rings. The third kappa shape index (κ3) is 31.8. The van der Waals surface area contributed by atoms with Gasteiger partial charge in [-0.25, -0.2) is 0 Å². The van der Waals surface area contributed by atoms with Crippen LogP contribution in [0.15, 0.2) is 85.1 Å². The van der Waals surface area contributed by atoms with Crippen LogP contribution in [0.4, 0.5) is 0 Å². The number of rotatable bonds is 28. The van der Waals surface area contributed by atoms with Gasteiger partial charge in [-0.2, -0.15) is 0 Å². The lowest BCUT2D eigenvalue weighted by molar-refractivity contribution is -0.160. The molecule has 0 saturated carbocycles. The average Bonchev–Trinajstić information content (AvgIpc) is 3.01. The number of ether oxygens (including phenoxy) is 2. The maximum atomic E-state index is 12.0. The van der Waals surface area contributed by atoms with Gasteiger partial charge in [0.05, 0.1) is 13.0 Å². The molecule has 0 spiro atoms. The molecule has 1 atom stereocenters. The molecule has 0 amide bonds. The molecule has 1 unspecified atom stereocenters. The normalized spacial score (nSPS) is 13.3. The average molecular weight is 597 g/mol. The monoisotopic (exact) mass is 596 g/mol. The van der Waals surface area contributed by atoms with Crippen molar-refractivity contribution in [3.8, 4) is 0 Å². The van der Waals surface area contributed by atoms with Gasteiger partial charge >= 0.3 is 11.9 Å². The Bertz CT molecular complexity index is 860. The van der Waals surface area contributed by atoms with E-state index in [0.717, 1.165) is 70.6 Å². The van der Waals surface area contributed by atoms with Gasteiger partial charge in [0.1, 0.15) is 6.61 Å². The lowest BCUT2D eigenvalue weighted by Gasteiger charge is -2.15. The van der Waals surface area contributed by atoms with Crippen molar-refractivity contribution in [3.63, 3.8) is 0 Å². The van der Waals surface area contributed by atoms with Crippen LogP contribution in [0.2, 0.25) is 0 Å². The molecule has 0 aliphatic rings. The van der Waals surface area contributed by atoms with E-state index >= 15 is 0 Å². The molecule has 1 N–H and O–H groups in total. The van der Waals surface area contributed by atoms with Crippen molar-refractivity contribution in [2.24, 2.45) is 0 Å². The van der Waals surface area contributed by atoms with Crippen molar-refractivity contribution in [1.29, 1.82) is 0 Å². The van der Waals surface area contributed by atoms with Gasteiger partial charge in [0.25, 0.3) is 0 Å². The van der Waals surface area contributed by atoms with Crippen LogP contribution in [0.5, 0.6) is 0 Å². The SMILES string of the molecule is CC/C=C\C/C=C\C/C=C\C/C=C\C/C=C\CC(=O)OC(CO)COC(=O)CCCCCCC/C=C\C/C=C\CCCC. The second-order valence-electron chi connectivity index (χ2n) is 10.5. The Balaban J connectivity index is 3.80. The molecule has 0 saturated heterocycles. The van der Waals surface area contributed by atoms with E-state index < -0.39 is 12.1 Å². The molecule has 0 fully saturated rings. The van der Waals surface area contributed by atoms with Crippen molar-refractivity contribution in [1.82, 2.24) is 0 Å². The van der Waals surface area contributed by atoms with Crippen molar-refractivity contribution >= 4 is 11.9 Å². The first-order chi connectivity index (χ1) is 21.1. The Hall–Kier alpha value is -2.92. The summed E-state index contributed by atoms with van der Waals surface area (Å²) >= 11 is 0. The summed E-state index contributed by atoms with van der Waals surface area (Å²) in [4.78, 5) is 24.1. The number of carbonyl (C=O) groups is 2. The third-order valence-corrected chi connectivity index (χ3v) is 6.46. The summed E-state index contributed by atoms with van der Waals surface area (Å²) in [5, 5.41) is 9.48. The predicted octanol–water partition coefficient (Wildman–Crippen LogP) is 10.00. The van der Waals surface area contributed by atoms with Crippen LogP contribution in [0, 0.1) is 0 Å². The zero-order valence-corrected chi connectivity index (χ0v) is 27.2. The second-order valence-corrected chi connectivity index (χ2v) is 10.5. The Morgan fingerprint density at radius 3 is 1.63 bits per heavy atom. The van der Waals surface area contributed by atoms with Gasteiger partial charge in [0, 0.05) is 6.42 Å². The lowest BCUT2D eigenvalue weighted by atomic mass is 10.1. The molecule has 43 heavy (non-hydrogen) atoms. The van der Waals surface area contributed by atoms with Crippen LogP contribution in [-0.4, -0.2) is 36.4 Å². The number of carbonyl (C=O) groups excluding carboxylic acids is 2. The summed E-state index contributed by atoms with van der Waals surface area (Å²) in [5.41, 5.74) is 0. The Morgan fingerprint density at radius 2 is 1.07 bits per heavy atom. The topological polar surface area (TPSA) is 72.8 Å². The fraction of sp³-hybridized carbons (Fsp3) is 0.579. The molecule has 242 valence electrons. The number of unbranched alkanes of at least 4 members (excludes halogenated alkanes) is 7. The van der Waals surface area contributed by atoms with E-state index in [9.17, 15) is 14.7 Å². The zero-order valence-electron chi connectivity index (χ0n) is 27.2. The van der Waals surface area contributed by atoms with Gasteiger partial charge < -0.3 is 14.6 Å². The molecule has 0 aromatic heterocycles. The molecule has 0 rings (SSSR count). The van der Waals surface area contributed by atoms with Crippen LogP contribution < -0.4 is 0 Å². The molecule has 0 radical (unpaired) electrons. The van der Waals surface area contributed by atoms with E-state index in [4.69, 9.17) is 9.47 Å². The minimum absolute atomic E-state index is 0.115. The molecule has 0 aromatic carbocycles. The van der Waals surface area contributed by atoms with Gasteiger partial charge in [0.2, 0.25) is 0 Å². The van der Waals surface area contributed by atoms with Crippen LogP contribution in [0.3, 0.4) is 0 Å². The van der Waals surface area contributed by atoms with E-state index in [2.05, 4.69) is 86.8 Å². The lowest BCUT2D eigenvalue weighted by Crippen LogP contribution is -2.28.